The Balaban J connectivity index is 1.80. The number of carbonyl (C=O) groups excluding carboxylic acids is 1. The van der Waals surface area contributed by atoms with Crippen molar-refractivity contribution in [3.05, 3.63) is 81.1 Å². The Hall–Kier alpha value is -4.60. The molecule has 0 saturated carbocycles. The number of esters is 1. The number of carboxylic acids is 1. The summed E-state index contributed by atoms with van der Waals surface area (Å²) < 4.78 is 112. The lowest BCUT2D eigenvalue weighted by Gasteiger charge is -2.20. The maximum atomic E-state index is 13.1. The number of halogens is 2. The molecule has 0 fully saturated rings. The standard InChI is InChI=1S/C27H16Cl2N2O14S3/c28-16-8-11(46(35,36)37)9-17(29)23(16)45-27(34)10-1-2-12(15(7-10)26(32)33)20-13-3-5-18(30)24(47(38,39)40)21(13)44-22-14(20)4-6-19(31)25(22)48(41,42)43/h1-9,30H,31H2,(H,32,33)(H,35,36,37)(H,38,39,40)(H,41,42,43). The molecule has 21 heteroatoms. The summed E-state index contributed by atoms with van der Waals surface area (Å²) in [5.74, 6) is -4.27. The van der Waals surface area contributed by atoms with Crippen molar-refractivity contribution in [3.63, 3.8) is 0 Å². The molecule has 1 aliphatic heterocycles. The summed E-state index contributed by atoms with van der Waals surface area (Å²) in [6.45, 7) is 0. The topological polar surface area (TPSA) is 290 Å². The van der Waals surface area contributed by atoms with E-state index in [-0.39, 0.29) is 22.1 Å². The van der Waals surface area contributed by atoms with E-state index in [4.69, 9.17) is 43.5 Å². The van der Waals surface area contributed by atoms with E-state index >= 15 is 0 Å². The van der Waals surface area contributed by atoms with Crippen LogP contribution in [0.5, 0.6) is 5.75 Å². The van der Waals surface area contributed by atoms with Crippen LogP contribution in [-0.4, -0.2) is 56.0 Å². The van der Waals surface area contributed by atoms with E-state index in [9.17, 15) is 53.6 Å². The van der Waals surface area contributed by atoms with Gasteiger partial charge in [0, 0.05) is 16.5 Å². The van der Waals surface area contributed by atoms with Gasteiger partial charge in [-0.2, -0.15) is 25.3 Å². The average Bonchev–Trinajstić information content (AvgIpc) is 2.95. The number of nitrogens with two attached hydrogens (primary N) is 1. The highest BCUT2D eigenvalue weighted by Gasteiger charge is 2.32. The highest BCUT2D eigenvalue weighted by atomic mass is 35.5. The summed E-state index contributed by atoms with van der Waals surface area (Å²) in [5.41, 5.74) is 2.57. The zero-order chi connectivity index (χ0) is 35.7. The van der Waals surface area contributed by atoms with E-state index in [1.165, 1.54) is 6.07 Å². The van der Waals surface area contributed by atoms with Crippen molar-refractivity contribution in [1.29, 1.82) is 5.41 Å². The molecule has 16 nitrogen and oxygen atoms in total. The Bertz CT molecular complexity index is 2600. The molecule has 0 radical (unpaired) electrons. The van der Waals surface area contributed by atoms with Crippen molar-refractivity contribution >= 4 is 82.2 Å². The van der Waals surface area contributed by atoms with Gasteiger partial charge in [0.15, 0.2) is 26.9 Å². The minimum Gasteiger partial charge on any atom is -0.478 e. The second kappa shape index (κ2) is 11.8. The number of carbonyl (C=O) groups is 2. The van der Waals surface area contributed by atoms with E-state index in [1.807, 2.05) is 0 Å². The van der Waals surface area contributed by atoms with Gasteiger partial charge in [0.05, 0.1) is 37.1 Å². The first kappa shape index (κ1) is 34.7. The van der Waals surface area contributed by atoms with E-state index in [1.54, 1.807) is 0 Å². The number of fused-ring (bicyclic) bond motifs is 2. The normalized spacial score (nSPS) is 12.4. The van der Waals surface area contributed by atoms with E-state index in [0.29, 0.717) is 0 Å². The van der Waals surface area contributed by atoms with Crippen LogP contribution in [0.15, 0.2) is 73.7 Å². The van der Waals surface area contributed by atoms with Crippen LogP contribution in [0.4, 0.5) is 5.69 Å². The van der Waals surface area contributed by atoms with Gasteiger partial charge in [-0.15, -0.1) is 0 Å². The summed E-state index contributed by atoms with van der Waals surface area (Å²) >= 11 is 12.0. The van der Waals surface area contributed by atoms with Gasteiger partial charge in [0.2, 0.25) is 0 Å². The van der Waals surface area contributed by atoms with Gasteiger partial charge >= 0.3 is 11.9 Å². The second-order valence-electron chi connectivity index (χ2n) is 9.75. The SMILES string of the molecule is N=c1ccc2c(-c3ccc(C(=O)Oc4c(Cl)cc(S(=O)(=O)O)cc4Cl)cc3C(=O)O)c3ccc(N)c(S(=O)(=O)O)c3oc-2c1S(=O)(=O)O. The number of anilines is 1. The fourth-order valence-corrected chi connectivity index (χ4v) is 7.51. The molecule has 5 rings (SSSR count). The van der Waals surface area contributed by atoms with Crippen LogP contribution in [0.2, 0.25) is 10.0 Å². The molecule has 250 valence electrons. The molecule has 3 aromatic carbocycles. The van der Waals surface area contributed by atoms with Crippen LogP contribution in [-0.2, 0) is 30.4 Å². The Labute approximate surface area is 279 Å². The number of aromatic carboxylic acids is 1. The predicted octanol–water partition coefficient (Wildman–Crippen LogP) is 4.23. The van der Waals surface area contributed by atoms with Crippen LogP contribution in [0.25, 0.3) is 33.4 Å². The third-order valence-electron chi connectivity index (χ3n) is 6.73. The van der Waals surface area contributed by atoms with Crippen molar-refractivity contribution in [1.82, 2.24) is 0 Å². The Morgan fingerprint density at radius 3 is 1.92 bits per heavy atom. The summed E-state index contributed by atoms with van der Waals surface area (Å²) in [7, 11) is -15.2. The first-order valence-corrected chi connectivity index (χ1v) is 17.6. The van der Waals surface area contributed by atoms with Crippen molar-refractivity contribution in [3.8, 4) is 28.2 Å². The monoisotopic (exact) mass is 758 g/mol. The minimum absolute atomic E-state index is 0.237. The fourth-order valence-electron chi connectivity index (χ4n) is 4.80. The van der Waals surface area contributed by atoms with Crippen LogP contribution < -0.4 is 15.8 Å². The van der Waals surface area contributed by atoms with Crippen molar-refractivity contribution in [2.75, 3.05) is 5.73 Å². The lowest BCUT2D eigenvalue weighted by atomic mass is 9.89. The lowest BCUT2D eigenvalue weighted by Crippen LogP contribution is -2.17. The number of nitrogen functional groups attached to an aromatic ring is 1. The lowest BCUT2D eigenvalue weighted by molar-refractivity contribution is 0.0697. The van der Waals surface area contributed by atoms with Gasteiger partial charge in [0.25, 0.3) is 30.4 Å². The molecule has 0 spiro atoms. The van der Waals surface area contributed by atoms with Crippen LogP contribution >= 0.6 is 23.2 Å². The fraction of sp³-hybridized carbons (Fsp3) is 0. The van der Waals surface area contributed by atoms with Crippen LogP contribution in [0, 0.1) is 5.41 Å². The number of hydrogen-bond acceptors (Lipinski definition) is 12. The number of nitrogens with one attached hydrogen (secondary N) is 1. The van der Waals surface area contributed by atoms with E-state index in [2.05, 4.69) is 0 Å². The highest BCUT2D eigenvalue weighted by molar-refractivity contribution is 7.86. The molecule has 0 saturated heterocycles. The van der Waals surface area contributed by atoms with Gasteiger partial charge < -0.3 is 20.0 Å². The zero-order valence-electron chi connectivity index (χ0n) is 23.1. The molecular formula is C27H16Cl2N2O14S3. The molecule has 3 aromatic rings. The smallest absolute Gasteiger partial charge is 0.343 e. The maximum absolute atomic E-state index is 13.1. The molecule has 2 aliphatic rings. The van der Waals surface area contributed by atoms with Gasteiger partial charge in [-0.3, -0.25) is 19.1 Å². The highest BCUT2D eigenvalue weighted by Crippen LogP contribution is 2.46. The predicted molar refractivity (Wildman–Crippen MR) is 166 cm³/mol. The number of benzene rings is 4. The van der Waals surface area contributed by atoms with Gasteiger partial charge in [0.1, 0.15) is 0 Å². The molecule has 1 aliphatic carbocycles. The molecule has 0 aromatic heterocycles. The third kappa shape index (κ3) is 6.20. The molecule has 7 N–H and O–H groups in total. The quantitative estimate of drug-likeness (QED) is 0.0445. The number of rotatable bonds is 7. The molecule has 0 bridgehead atoms. The third-order valence-corrected chi connectivity index (χ3v) is 9.98. The van der Waals surface area contributed by atoms with Crippen LogP contribution in [0.3, 0.4) is 0 Å². The average molecular weight is 760 g/mol. The Morgan fingerprint density at radius 1 is 0.792 bits per heavy atom. The second-order valence-corrected chi connectivity index (χ2v) is 14.7. The Morgan fingerprint density at radius 2 is 1.38 bits per heavy atom. The summed E-state index contributed by atoms with van der Waals surface area (Å²) in [6.07, 6.45) is 0. The maximum Gasteiger partial charge on any atom is 0.343 e. The molecule has 1 heterocycles. The van der Waals surface area contributed by atoms with Crippen molar-refractivity contribution in [2.45, 2.75) is 14.7 Å². The van der Waals surface area contributed by atoms with Crippen molar-refractivity contribution < 1.29 is 62.8 Å². The van der Waals surface area contributed by atoms with Crippen LogP contribution in [0.1, 0.15) is 20.7 Å². The molecule has 48 heavy (non-hydrogen) atoms. The zero-order valence-corrected chi connectivity index (χ0v) is 27.1. The van der Waals surface area contributed by atoms with E-state index < -0.39 is 106 Å². The molecule has 0 atom stereocenters. The van der Waals surface area contributed by atoms with Gasteiger partial charge in [-0.25, -0.2) is 9.59 Å². The summed E-state index contributed by atoms with van der Waals surface area (Å²) in [6, 6.07) is 8.67. The van der Waals surface area contributed by atoms with E-state index in [0.717, 1.165) is 48.5 Å². The first-order chi connectivity index (χ1) is 22.1. The Kier molecular flexibility index (Phi) is 8.55. The largest absolute Gasteiger partial charge is 0.478 e. The summed E-state index contributed by atoms with van der Waals surface area (Å²) in [4.78, 5) is 22.8. The molecule has 0 amide bonds. The van der Waals surface area contributed by atoms with Gasteiger partial charge in [-0.1, -0.05) is 29.3 Å². The van der Waals surface area contributed by atoms with Crippen molar-refractivity contribution in [2.24, 2.45) is 0 Å². The minimum atomic E-state index is -5.25. The summed E-state index contributed by atoms with van der Waals surface area (Å²) in [5, 5.41) is 16.2. The molecular weight excluding hydrogens is 743 g/mol. The molecule has 0 unspecified atom stereocenters. The first-order valence-electron chi connectivity index (χ1n) is 12.5. The number of ether oxygens (including phenoxy) is 1. The number of carboxylic acid groups (broad SMARTS) is 1. The van der Waals surface area contributed by atoms with Gasteiger partial charge in [-0.05, 0) is 54.1 Å². The number of hydrogen-bond donors (Lipinski definition) is 6.